The van der Waals surface area contributed by atoms with E-state index in [1.54, 1.807) is 35.8 Å². The highest BCUT2D eigenvalue weighted by molar-refractivity contribution is 5.74. The van der Waals surface area contributed by atoms with Crippen LogP contribution in [-0.4, -0.2) is 26.8 Å². The number of nitrogens with two attached hydrogens (primary N) is 1. The molecule has 4 N–H and O–H groups in total. The second kappa shape index (κ2) is 3.77. The Kier molecular flexibility index (Phi) is 2.87. The van der Waals surface area contributed by atoms with Gasteiger partial charge in [-0.25, -0.2) is 9.13 Å². The summed E-state index contributed by atoms with van der Waals surface area (Å²) in [6, 6.07) is -1.30. The molecule has 0 aromatic carbocycles. The fourth-order valence-corrected chi connectivity index (χ4v) is 1.28. The van der Waals surface area contributed by atoms with Gasteiger partial charge in [0.05, 0.1) is 14.1 Å². The molecule has 0 saturated heterocycles. The lowest BCUT2D eigenvalue weighted by molar-refractivity contribution is -0.671. The van der Waals surface area contributed by atoms with E-state index >= 15 is 0 Å². The van der Waals surface area contributed by atoms with Crippen LogP contribution in [0.3, 0.4) is 0 Å². The standard InChI is InChI=1S/C8H13N3O3/c1-10-3-5(11(2)4-10)7(12)6(9)8(13)14/h3-4,6-7,12H,9H2,1-2H3/p+1/t6-,7-/m0/s1. The quantitative estimate of drug-likeness (QED) is 0.507. The molecule has 6 heteroatoms. The van der Waals surface area contributed by atoms with E-state index in [-0.39, 0.29) is 0 Å². The fourth-order valence-electron chi connectivity index (χ4n) is 1.28. The zero-order valence-corrected chi connectivity index (χ0v) is 8.08. The molecule has 1 rings (SSSR count). The van der Waals surface area contributed by atoms with E-state index in [1.807, 2.05) is 0 Å². The molecule has 1 aromatic heterocycles. The molecule has 1 heterocycles. The SMILES string of the molecule is Cn1c[n+](C)cc1[C@H](O)[C@H](N)C(=O)O. The second-order valence-electron chi connectivity index (χ2n) is 3.25. The van der Waals surface area contributed by atoms with Crippen molar-refractivity contribution in [2.75, 3.05) is 0 Å². The minimum Gasteiger partial charge on any atom is -0.480 e. The molecule has 1 aromatic rings. The van der Waals surface area contributed by atoms with Gasteiger partial charge in [-0.1, -0.05) is 0 Å². The summed E-state index contributed by atoms with van der Waals surface area (Å²) in [6.07, 6.45) is 2.15. The highest BCUT2D eigenvalue weighted by Gasteiger charge is 2.29. The van der Waals surface area contributed by atoms with Crippen LogP contribution in [0, 0.1) is 0 Å². The Morgan fingerprint density at radius 2 is 2.29 bits per heavy atom. The lowest BCUT2D eigenvalue weighted by Crippen LogP contribution is -2.37. The molecule has 0 spiro atoms. The maximum Gasteiger partial charge on any atom is 0.323 e. The average Bonchev–Trinajstić information content (AvgIpc) is 2.42. The second-order valence-corrected chi connectivity index (χ2v) is 3.25. The number of aryl methyl sites for hydroxylation is 2. The molecule has 0 aliphatic rings. The summed E-state index contributed by atoms with van der Waals surface area (Å²) < 4.78 is 3.35. The first kappa shape index (κ1) is 10.7. The molecule has 0 aliphatic carbocycles. The summed E-state index contributed by atoms with van der Waals surface area (Å²) in [6.45, 7) is 0. The zero-order valence-electron chi connectivity index (χ0n) is 8.08. The van der Waals surface area contributed by atoms with Crippen LogP contribution >= 0.6 is 0 Å². The van der Waals surface area contributed by atoms with Gasteiger partial charge in [0, 0.05) is 0 Å². The van der Waals surface area contributed by atoms with Gasteiger partial charge in [0.15, 0.2) is 5.69 Å². The van der Waals surface area contributed by atoms with Crippen LogP contribution in [0.15, 0.2) is 12.5 Å². The van der Waals surface area contributed by atoms with E-state index < -0.39 is 18.1 Å². The Bertz CT molecular complexity index is 348. The normalized spacial score (nSPS) is 15.1. The number of imidazole rings is 1. The highest BCUT2D eigenvalue weighted by Crippen LogP contribution is 2.13. The molecule has 0 bridgehead atoms. The van der Waals surface area contributed by atoms with Gasteiger partial charge in [0.25, 0.3) is 0 Å². The first-order chi connectivity index (χ1) is 6.43. The predicted octanol–water partition coefficient (Wildman–Crippen LogP) is -1.71. The van der Waals surface area contributed by atoms with Crippen molar-refractivity contribution in [1.82, 2.24) is 4.57 Å². The van der Waals surface area contributed by atoms with E-state index in [9.17, 15) is 9.90 Å². The minimum absolute atomic E-state index is 0.474. The lowest BCUT2D eigenvalue weighted by atomic mass is 10.1. The lowest BCUT2D eigenvalue weighted by Gasteiger charge is -2.11. The molecule has 0 saturated carbocycles. The molecular formula is C8H14N3O3+. The Balaban J connectivity index is 2.94. The van der Waals surface area contributed by atoms with Crippen LogP contribution in [0.1, 0.15) is 11.8 Å². The summed E-state index contributed by atoms with van der Waals surface area (Å²) in [7, 11) is 3.50. The van der Waals surface area contributed by atoms with Crippen molar-refractivity contribution in [1.29, 1.82) is 0 Å². The van der Waals surface area contributed by atoms with Crippen LogP contribution in [0.2, 0.25) is 0 Å². The first-order valence-electron chi connectivity index (χ1n) is 4.11. The third-order valence-corrected chi connectivity index (χ3v) is 2.03. The van der Waals surface area contributed by atoms with Gasteiger partial charge in [0.2, 0.25) is 6.33 Å². The highest BCUT2D eigenvalue weighted by atomic mass is 16.4. The first-order valence-corrected chi connectivity index (χ1v) is 4.11. The minimum atomic E-state index is -1.30. The van der Waals surface area contributed by atoms with Gasteiger partial charge in [-0.3, -0.25) is 4.79 Å². The smallest absolute Gasteiger partial charge is 0.323 e. The Hall–Kier alpha value is -1.40. The molecule has 0 aliphatic heterocycles. The van der Waals surface area contributed by atoms with Crippen molar-refractivity contribution in [3.05, 3.63) is 18.2 Å². The molecule has 2 atom stereocenters. The zero-order chi connectivity index (χ0) is 10.9. The maximum absolute atomic E-state index is 10.5. The monoisotopic (exact) mass is 200 g/mol. The number of nitrogens with zero attached hydrogens (tertiary/aromatic N) is 2. The summed E-state index contributed by atoms with van der Waals surface area (Å²) >= 11 is 0. The van der Waals surface area contributed by atoms with Gasteiger partial charge in [0.1, 0.15) is 18.3 Å². The van der Waals surface area contributed by atoms with Crippen LogP contribution < -0.4 is 10.3 Å². The molecule has 0 unspecified atom stereocenters. The number of hydrogen-bond acceptors (Lipinski definition) is 3. The van der Waals surface area contributed by atoms with Crippen LogP contribution in [0.5, 0.6) is 0 Å². The number of rotatable bonds is 3. The van der Waals surface area contributed by atoms with E-state index in [1.165, 1.54) is 0 Å². The number of carboxylic acid groups (broad SMARTS) is 1. The molecule has 0 radical (unpaired) electrons. The molecule has 78 valence electrons. The van der Waals surface area contributed by atoms with Crippen LogP contribution in [0.25, 0.3) is 0 Å². The summed E-state index contributed by atoms with van der Waals surface area (Å²) in [5.41, 5.74) is 5.77. The van der Waals surface area contributed by atoms with Crippen molar-refractivity contribution in [3.63, 3.8) is 0 Å². The number of carboxylic acids is 1. The Morgan fingerprint density at radius 1 is 1.71 bits per heavy atom. The largest absolute Gasteiger partial charge is 0.480 e. The van der Waals surface area contributed by atoms with Gasteiger partial charge in [-0.05, 0) is 0 Å². The van der Waals surface area contributed by atoms with Crippen molar-refractivity contribution in [3.8, 4) is 0 Å². The molecule has 6 nitrogen and oxygen atoms in total. The number of aliphatic hydroxyl groups excluding tert-OH is 1. The van der Waals surface area contributed by atoms with E-state index in [4.69, 9.17) is 10.8 Å². The van der Waals surface area contributed by atoms with Gasteiger partial charge in [-0.2, -0.15) is 0 Å². The van der Waals surface area contributed by atoms with E-state index in [0.29, 0.717) is 5.69 Å². The third-order valence-electron chi connectivity index (χ3n) is 2.03. The van der Waals surface area contributed by atoms with Gasteiger partial charge < -0.3 is 15.9 Å². The molecule has 0 amide bonds. The molecular weight excluding hydrogens is 186 g/mol. The van der Waals surface area contributed by atoms with Crippen LogP contribution in [0.4, 0.5) is 0 Å². The van der Waals surface area contributed by atoms with Crippen LogP contribution in [-0.2, 0) is 18.9 Å². The number of aromatic nitrogens is 2. The fraction of sp³-hybridized carbons (Fsp3) is 0.500. The van der Waals surface area contributed by atoms with Gasteiger partial charge >= 0.3 is 5.97 Å². The summed E-state index contributed by atoms with van der Waals surface area (Å²) in [5, 5.41) is 18.2. The maximum atomic E-state index is 10.5. The Morgan fingerprint density at radius 3 is 2.64 bits per heavy atom. The summed E-state index contributed by atoms with van der Waals surface area (Å²) in [4.78, 5) is 10.5. The van der Waals surface area contributed by atoms with Crippen molar-refractivity contribution < 1.29 is 19.6 Å². The van der Waals surface area contributed by atoms with Crippen molar-refractivity contribution >= 4 is 5.97 Å². The Labute approximate surface area is 81.2 Å². The van der Waals surface area contributed by atoms with E-state index in [2.05, 4.69) is 0 Å². The van der Waals surface area contributed by atoms with Crippen molar-refractivity contribution in [2.24, 2.45) is 19.8 Å². The molecule has 0 fully saturated rings. The average molecular weight is 200 g/mol. The number of aliphatic carboxylic acids is 1. The molecule has 14 heavy (non-hydrogen) atoms. The van der Waals surface area contributed by atoms with Crippen molar-refractivity contribution in [2.45, 2.75) is 12.1 Å². The van der Waals surface area contributed by atoms with E-state index in [0.717, 1.165) is 0 Å². The predicted molar refractivity (Wildman–Crippen MR) is 47.2 cm³/mol. The number of carbonyl (C=O) groups is 1. The number of hydrogen-bond donors (Lipinski definition) is 3. The topological polar surface area (TPSA) is 92.4 Å². The third kappa shape index (κ3) is 1.91. The number of aliphatic hydroxyl groups is 1. The summed E-state index contributed by atoms with van der Waals surface area (Å²) in [5.74, 6) is -1.22. The van der Waals surface area contributed by atoms with Gasteiger partial charge in [-0.15, -0.1) is 0 Å².